The van der Waals surface area contributed by atoms with Gasteiger partial charge < -0.3 is 17.5 Å². The van der Waals surface area contributed by atoms with Crippen molar-refractivity contribution in [2.24, 2.45) is 0 Å². The molecule has 0 spiro atoms. The zero-order valence-corrected chi connectivity index (χ0v) is 12.1. The van der Waals surface area contributed by atoms with Crippen LogP contribution in [0.4, 0.5) is 5.69 Å². The van der Waals surface area contributed by atoms with Gasteiger partial charge in [0.2, 0.25) is 12.3 Å². The van der Waals surface area contributed by atoms with Gasteiger partial charge in [-0.15, -0.1) is 0 Å². The van der Waals surface area contributed by atoms with Crippen LogP contribution in [0.1, 0.15) is 10.4 Å². The molecule has 1 aromatic carbocycles. The van der Waals surface area contributed by atoms with Crippen molar-refractivity contribution >= 4 is 23.1 Å². The molecule has 0 unspecified atom stereocenters. The molecular formula is C13H10Cl2N2O4. The van der Waals surface area contributed by atoms with E-state index in [1.807, 2.05) is 0 Å². The van der Waals surface area contributed by atoms with E-state index in [0.29, 0.717) is 5.56 Å². The summed E-state index contributed by atoms with van der Waals surface area (Å²) in [4.78, 5) is 22.0. The second kappa shape index (κ2) is 7.01. The topological polar surface area (TPSA) is 84.3 Å². The second-order valence-electron chi connectivity index (χ2n) is 4.04. The number of hydrogen-bond donors (Lipinski definition) is 1. The van der Waals surface area contributed by atoms with Crippen LogP contribution in [0.15, 0.2) is 42.6 Å². The van der Waals surface area contributed by atoms with E-state index in [4.69, 9.17) is 11.6 Å². The van der Waals surface area contributed by atoms with Gasteiger partial charge in [-0.1, -0.05) is 41.9 Å². The number of ketones is 1. The molecule has 0 radical (unpaired) electrons. The molecule has 1 N–H and O–H groups in total. The number of halogens is 2. The number of rotatable bonds is 4. The molecule has 0 aliphatic heterocycles. The van der Waals surface area contributed by atoms with Gasteiger partial charge in [-0.05, 0) is 0 Å². The van der Waals surface area contributed by atoms with Crippen LogP contribution in [0.5, 0.6) is 5.88 Å². The van der Waals surface area contributed by atoms with Crippen LogP contribution in [0.2, 0.25) is 5.02 Å². The molecule has 110 valence electrons. The van der Waals surface area contributed by atoms with Gasteiger partial charge in [-0.3, -0.25) is 14.9 Å². The van der Waals surface area contributed by atoms with Crippen LogP contribution in [0, 0.1) is 10.1 Å². The molecule has 2 aromatic rings. The summed E-state index contributed by atoms with van der Waals surface area (Å²) in [5, 5.41) is 20.6. The zero-order valence-electron chi connectivity index (χ0n) is 10.6. The minimum Gasteiger partial charge on any atom is -1.00 e. The molecule has 0 bridgehead atoms. The SMILES string of the molecule is O=C(C[n+]1cc(Cl)cc([N+](=O)[O-])c1O)c1ccccc1.[Cl-]. The average Bonchev–Trinajstić information content (AvgIpc) is 2.43. The van der Waals surface area contributed by atoms with E-state index in [0.717, 1.165) is 10.6 Å². The Morgan fingerprint density at radius 1 is 1.33 bits per heavy atom. The molecule has 1 heterocycles. The number of hydrogen-bond acceptors (Lipinski definition) is 4. The molecule has 0 saturated carbocycles. The first kappa shape index (κ1) is 16.9. The van der Waals surface area contributed by atoms with Crippen LogP contribution >= 0.6 is 11.6 Å². The highest BCUT2D eigenvalue weighted by atomic mass is 35.5. The first-order chi connectivity index (χ1) is 9.49. The predicted octanol–water partition coefficient (Wildman–Crippen LogP) is -0.872. The lowest BCUT2D eigenvalue weighted by atomic mass is 10.1. The van der Waals surface area contributed by atoms with Crippen molar-refractivity contribution in [2.45, 2.75) is 6.54 Å². The third-order valence-corrected chi connectivity index (χ3v) is 2.87. The second-order valence-corrected chi connectivity index (χ2v) is 4.48. The molecule has 0 atom stereocenters. The minimum atomic E-state index is -0.759. The summed E-state index contributed by atoms with van der Waals surface area (Å²) >= 11 is 5.75. The molecule has 6 nitrogen and oxygen atoms in total. The molecule has 8 heteroatoms. The van der Waals surface area contributed by atoms with Crippen LogP contribution in [0.25, 0.3) is 0 Å². The highest BCUT2D eigenvalue weighted by molar-refractivity contribution is 6.30. The highest BCUT2D eigenvalue weighted by Gasteiger charge is 2.28. The van der Waals surface area contributed by atoms with Gasteiger partial charge in [-0.2, -0.15) is 4.57 Å². The third kappa shape index (κ3) is 3.90. The first-order valence-corrected chi connectivity index (χ1v) is 6.01. The number of Topliss-reactive ketones (excluding diaryl/α,β-unsaturated/α-hetero) is 1. The standard InChI is InChI=1S/C13H9ClN2O4.ClH/c14-10-6-11(16(19)20)13(18)15(7-10)8-12(17)9-4-2-1-3-5-9;/h1-7H,8H2;1H. The van der Waals surface area contributed by atoms with Crippen molar-refractivity contribution in [3.05, 3.63) is 63.3 Å². The van der Waals surface area contributed by atoms with Gasteiger partial charge in [0.05, 0.1) is 11.0 Å². The summed E-state index contributed by atoms with van der Waals surface area (Å²) in [7, 11) is 0. The summed E-state index contributed by atoms with van der Waals surface area (Å²) in [6, 6.07) is 9.46. The van der Waals surface area contributed by atoms with Gasteiger partial charge in [0.15, 0.2) is 6.20 Å². The van der Waals surface area contributed by atoms with Crippen molar-refractivity contribution in [3.63, 3.8) is 0 Å². The zero-order chi connectivity index (χ0) is 14.7. The number of aromatic hydroxyl groups is 1. The third-order valence-electron chi connectivity index (χ3n) is 2.66. The molecule has 2 rings (SSSR count). The number of nitrogens with zero attached hydrogens (tertiary/aromatic N) is 2. The molecule has 21 heavy (non-hydrogen) atoms. The molecule has 0 amide bonds. The molecule has 0 aliphatic rings. The van der Waals surface area contributed by atoms with Crippen LogP contribution in [0.3, 0.4) is 0 Å². The number of aromatic nitrogens is 1. The lowest BCUT2D eigenvalue weighted by molar-refractivity contribution is -0.691. The fourth-order valence-electron chi connectivity index (χ4n) is 1.71. The maximum atomic E-state index is 12.0. The van der Waals surface area contributed by atoms with E-state index in [-0.39, 0.29) is 29.8 Å². The van der Waals surface area contributed by atoms with Gasteiger partial charge >= 0.3 is 11.6 Å². The number of carbonyl (C=O) groups excluding carboxylic acids is 1. The molecule has 0 saturated heterocycles. The monoisotopic (exact) mass is 328 g/mol. The maximum absolute atomic E-state index is 12.0. The Labute approximate surface area is 131 Å². The van der Waals surface area contributed by atoms with Crippen molar-refractivity contribution < 1.29 is 31.8 Å². The van der Waals surface area contributed by atoms with E-state index >= 15 is 0 Å². The van der Waals surface area contributed by atoms with Crippen molar-refractivity contribution in [2.75, 3.05) is 0 Å². The average molecular weight is 329 g/mol. The Morgan fingerprint density at radius 3 is 2.52 bits per heavy atom. The Kier molecular flexibility index (Phi) is 5.63. The predicted molar refractivity (Wildman–Crippen MR) is 70.7 cm³/mol. The van der Waals surface area contributed by atoms with E-state index < -0.39 is 16.5 Å². The normalized spacial score (nSPS) is 9.76. The van der Waals surface area contributed by atoms with E-state index in [9.17, 15) is 20.0 Å². The summed E-state index contributed by atoms with van der Waals surface area (Å²) in [5.41, 5.74) is -0.0969. The molecule has 1 aromatic heterocycles. The summed E-state index contributed by atoms with van der Waals surface area (Å²) in [6.07, 6.45) is 1.27. The summed E-state index contributed by atoms with van der Waals surface area (Å²) in [6.45, 7) is -0.239. The molecule has 0 aliphatic carbocycles. The van der Waals surface area contributed by atoms with Crippen molar-refractivity contribution in [3.8, 4) is 5.88 Å². The number of benzene rings is 1. The number of carbonyl (C=O) groups is 1. The highest BCUT2D eigenvalue weighted by Crippen LogP contribution is 2.24. The number of nitro groups is 1. The largest absolute Gasteiger partial charge is 1.00 e. The van der Waals surface area contributed by atoms with Gasteiger partial charge in [0.25, 0.3) is 0 Å². The van der Waals surface area contributed by atoms with Crippen LogP contribution in [-0.4, -0.2) is 15.8 Å². The summed E-state index contributed by atoms with van der Waals surface area (Å²) in [5.74, 6) is -0.897. The maximum Gasteiger partial charge on any atom is 0.446 e. The quantitative estimate of drug-likeness (QED) is 0.342. The lowest BCUT2D eigenvalue weighted by Crippen LogP contribution is -3.00. The fourth-order valence-corrected chi connectivity index (χ4v) is 1.94. The first-order valence-electron chi connectivity index (χ1n) is 5.63. The van der Waals surface area contributed by atoms with E-state index in [2.05, 4.69) is 0 Å². The van der Waals surface area contributed by atoms with Gasteiger partial charge in [-0.25, -0.2) is 0 Å². The fraction of sp³-hybridized carbons (Fsp3) is 0.0769. The van der Waals surface area contributed by atoms with Gasteiger partial charge in [0, 0.05) is 5.56 Å². The van der Waals surface area contributed by atoms with Gasteiger partial charge in [0.1, 0.15) is 5.02 Å². The minimum absolute atomic E-state index is 0. The van der Waals surface area contributed by atoms with Crippen LogP contribution in [-0.2, 0) is 6.54 Å². The lowest BCUT2D eigenvalue weighted by Gasteiger charge is -2.00. The Balaban J connectivity index is 0.00000220. The Bertz CT molecular complexity index is 677. The van der Waals surface area contributed by atoms with Crippen molar-refractivity contribution in [1.29, 1.82) is 0 Å². The Morgan fingerprint density at radius 2 is 1.95 bits per heavy atom. The smallest absolute Gasteiger partial charge is 0.446 e. The van der Waals surface area contributed by atoms with E-state index in [1.165, 1.54) is 6.20 Å². The van der Waals surface area contributed by atoms with Crippen molar-refractivity contribution in [1.82, 2.24) is 0 Å². The molecular weight excluding hydrogens is 319 g/mol. The van der Waals surface area contributed by atoms with Crippen LogP contribution < -0.4 is 17.0 Å². The number of pyridine rings is 1. The summed E-state index contributed by atoms with van der Waals surface area (Å²) < 4.78 is 1.05. The van der Waals surface area contributed by atoms with E-state index in [1.54, 1.807) is 30.3 Å². The Hall–Kier alpha value is -2.18. The molecule has 0 fully saturated rings.